The maximum atomic E-state index is 11.8. The number of benzene rings is 1. The third-order valence-corrected chi connectivity index (χ3v) is 3.28. The van der Waals surface area contributed by atoms with Crippen LogP contribution in [-0.2, 0) is 9.59 Å². The Hall–Kier alpha value is -2.04. The fourth-order valence-corrected chi connectivity index (χ4v) is 2.18. The Morgan fingerprint density at radius 3 is 3.00 bits per heavy atom. The van der Waals surface area contributed by atoms with E-state index in [2.05, 4.69) is 5.32 Å². The zero-order valence-electron chi connectivity index (χ0n) is 10.8. The van der Waals surface area contributed by atoms with Crippen molar-refractivity contribution in [2.45, 2.75) is 25.8 Å². The van der Waals surface area contributed by atoms with Crippen LogP contribution in [0.5, 0.6) is 5.75 Å². The summed E-state index contributed by atoms with van der Waals surface area (Å²) < 4.78 is 5.21. The van der Waals surface area contributed by atoms with Crippen LogP contribution in [0.1, 0.15) is 18.4 Å². The van der Waals surface area contributed by atoms with E-state index < -0.39 is 0 Å². The van der Waals surface area contributed by atoms with Crippen LogP contribution in [0.3, 0.4) is 0 Å². The van der Waals surface area contributed by atoms with Gasteiger partial charge in [0.25, 0.3) is 0 Å². The van der Waals surface area contributed by atoms with Gasteiger partial charge in [-0.1, -0.05) is 6.07 Å². The summed E-state index contributed by atoms with van der Waals surface area (Å²) in [5, 5.41) is 2.93. The summed E-state index contributed by atoms with van der Waals surface area (Å²) in [4.78, 5) is 25.2. The molecule has 100 valence electrons. The summed E-state index contributed by atoms with van der Waals surface area (Å²) in [6, 6.07) is 5.99. The average Bonchev–Trinajstić information content (AvgIpc) is 3.11. The van der Waals surface area contributed by atoms with Crippen molar-refractivity contribution in [2.75, 3.05) is 18.0 Å². The number of ether oxygens (including phenoxy) is 1. The minimum atomic E-state index is -0.322. The van der Waals surface area contributed by atoms with Crippen molar-refractivity contribution in [1.29, 1.82) is 0 Å². The smallest absolute Gasteiger partial charge is 0.331 e. The van der Waals surface area contributed by atoms with Gasteiger partial charge in [-0.15, -0.1) is 0 Å². The number of esters is 1. The molecule has 1 heterocycles. The molecule has 1 amide bonds. The zero-order chi connectivity index (χ0) is 13.4. The number of carbonyl (C=O) groups excluding carboxylic acids is 2. The highest BCUT2D eigenvalue weighted by Crippen LogP contribution is 2.32. The molecule has 1 fully saturated rings. The lowest BCUT2D eigenvalue weighted by Gasteiger charge is -2.29. The van der Waals surface area contributed by atoms with Crippen LogP contribution in [0.4, 0.5) is 5.69 Å². The summed E-state index contributed by atoms with van der Waals surface area (Å²) >= 11 is 0. The van der Waals surface area contributed by atoms with Crippen molar-refractivity contribution >= 4 is 17.6 Å². The molecule has 1 saturated carbocycles. The van der Waals surface area contributed by atoms with Crippen molar-refractivity contribution in [1.82, 2.24) is 5.32 Å². The van der Waals surface area contributed by atoms with Gasteiger partial charge in [-0.2, -0.15) is 0 Å². The SMILES string of the molecule is Cc1ccc2c(c1)OC(=O)CN2CC(=O)NC1CC1. The summed E-state index contributed by atoms with van der Waals surface area (Å²) in [5.74, 6) is 0.177. The molecule has 5 nitrogen and oxygen atoms in total. The van der Waals surface area contributed by atoms with Crippen LogP contribution in [0.15, 0.2) is 18.2 Å². The number of amides is 1. The largest absolute Gasteiger partial charge is 0.423 e. The van der Waals surface area contributed by atoms with Gasteiger partial charge in [0.05, 0.1) is 12.2 Å². The monoisotopic (exact) mass is 260 g/mol. The van der Waals surface area contributed by atoms with Crippen molar-refractivity contribution in [2.24, 2.45) is 0 Å². The molecule has 1 aromatic rings. The van der Waals surface area contributed by atoms with E-state index in [1.54, 1.807) is 4.90 Å². The van der Waals surface area contributed by atoms with Crippen LogP contribution in [-0.4, -0.2) is 31.0 Å². The van der Waals surface area contributed by atoms with Crippen LogP contribution in [0.2, 0.25) is 0 Å². The first-order chi connectivity index (χ1) is 9.11. The van der Waals surface area contributed by atoms with Crippen molar-refractivity contribution in [3.63, 3.8) is 0 Å². The molecule has 5 heteroatoms. The van der Waals surface area contributed by atoms with E-state index >= 15 is 0 Å². The van der Waals surface area contributed by atoms with Gasteiger partial charge < -0.3 is 15.0 Å². The second-order valence-electron chi connectivity index (χ2n) is 5.14. The predicted molar refractivity (Wildman–Crippen MR) is 70.2 cm³/mol. The van der Waals surface area contributed by atoms with Gasteiger partial charge in [-0.3, -0.25) is 4.79 Å². The van der Waals surface area contributed by atoms with E-state index in [1.165, 1.54) is 0 Å². The molecule has 1 aromatic carbocycles. The second kappa shape index (κ2) is 4.57. The van der Waals surface area contributed by atoms with Crippen LogP contribution >= 0.6 is 0 Å². The second-order valence-corrected chi connectivity index (χ2v) is 5.14. The Morgan fingerprint density at radius 1 is 1.47 bits per heavy atom. The molecule has 1 aliphatic carbocycles. The van der Waals surface area contributed by atoms with E-state index in [-0.39, 0.29) is 25.0 Å². The Bertz CT molecular complexity index is 537. The standard InChI is InChI=1S/C14H16N2O3/c1-9-2-5-11-12(6-9)19-14(18)8-16(11)7-13(17)15-10-3-4-10/h2,5-6,10H,3-4,7-8H2,1H3,(H,15,17). The topological polar surface area (TPSA) is 58.6 Å². The van der Waals surface area contributed by atoms with Gasteiger partial charge >= 0.3 is 5.97 Å². The molecule has 0 unspecified atom stereocenters. The van der Waals surface area contributed by atoms with Gasteiger partial charge in [0.1, 0.15) is 6.54 Å². The van der Waals surface area contributed by atoms with Crippen molar-refractivity contribution < 1.29 is 14.3 Å². The Balaban J connectivity index is 1.77. The molecule has 0 atom stereocenters. The van der Waals surface area contributed by atoms with E-state index in [1.807, 2.05) is 25.1 Å². The number of rotatable bonds is 3. The minimum Gasteiger partial charge on any atom is -0.423 e. The number of anilines is 1. The Kier molecular flexibility index (Phi) is 2.89. The van der Waals surface area contributed by atoms with Gasteiger partial charge in [0.2, 0.25) is 5.91 Å². The summed E-state index contributed by atoms with van der Waals surface area (Å²) in [7, 11) is 0. The molecule has 0 saturated heterocycles. The number of nitrogens with zero attached hydrogens (tertiary/aromatic N) is 1. The van der Waals surface area contributed by atoms with Gasteiger partial charge in [-0.05, 0) is 37.5 Å². The van der Waals surface area contributed by atoms with E-state index in [9.17, 15) is 9.59 Å². The van der Waals surface area contributed by atoms with Crippen LogP contribution in [0.25, 0.3) is 0 Å². The summed E-state index contributed by atoms with van der Waals surface area (Å²) in [6.07, 6.45) is 2.12. The third kappa shape index (κ3) is 2.70. The van der Waals surface area contributed by atoms with Crippen LogP contribution < -0.4 is 15.0 Å². The molecule has 0 radical (unpaired) electrons. The van der Waals surface area contributed by atoms with Crippen molar-refractivity contribution in [3.05, 3.63) is 23.8 Å². The average molecular weight is 260 g/mol. The first kappa shape index (κ1) is 12.0. The first-order valence-corrected chi connectivity index (χ1v) is 6.47. The number of hydrogen-bond donors (Lipinski definition) is 1. The summed E-state index contributed by atoms with van der Waals surface area (Å²) in [6.45, 7) is 2.25. The molecule has 0 aromatic heterocycles. The maximum absolute atomic E-state index is 11.8. The first-order valence-electron chi connectivity index (χ1n) is 6.47. The number of fused-ring (bicyclic) bond motifs is 1. The van der Waals surface area contributed by atoms with E-state index in [0.717, 1.165) is 24.1 Å². The Morgan fingerprint density at radius 2 is 2.26 bits per heavy atom. The molecule has 2 aliphatic rings. The highest BCUT2D eigenvalue weighted by Gasteiger charge is 2.28. The molecular weight excluding hydrogens is 244 g/mol. The number of carbonyl (C=O) groups is 2. The molecule has 19 heavy (non-hydrogen) atoms. The summed E-state index contributed by atoms with van der Waals surface area (Å²) in [5.41, 5.74) is 1.83. The number of nitrogens with one attached hydrogen (secondary N) is 1. The molecule has 0 spiro atoms. The fourth-order valence-electron chi connectivity index (χ4n) is 2.18. The lowest BCUT2D eigenvalue weighted by atomic mass is 10.1. The Labute approximate surface area is 111 Å². The maximum Gasteiger partial charge on any atom is 0.331 e. The highest BCUT2D eigenvalue weighted by molar-refractivity contribution is 5.89. The third-order valence-electron chi connectivity index (χ3n) is 3.28. The lowest BCUT2D eigenvalue weighted by molar-refractivity contribution is -0.133. The van der Waals surface area contributed by atoms with Crippen molar-refractivity contribution in [3.8, 4) is 5.75 Å². The number of hydrogen-bond acceptors (Lipinski definition) is 4. The highest BCUT2D eigenvalue weighted by atomic mass is 16.5. The molecule has 1 N–H and O–H groups in total. The minimum absolute atomic E-state index is 0.0382. The number of aryl methyl sites for hydroxylation is 1. The van der Waals surface area contributed by atoms with E-state index in [4.69, 9.17) is 4.74 Å². The lowest BCUT2D eigenvalue weighted by Crippen LogP contribution is -2.43. The quantitative estimate of drug-likeness (QED) is 0.650. The van der Waals surface area contributed by atoms with Gasteiger partial charge in [0, 0.05) is 6.04 Å². The molecular formula is C14H16N2O3. The normalized spacial score (nSPS) is 17.7. The van der Waals surface area contributed by atoms with Gasteiger partial charge in [0.15, 0.2) is 5.75 Å². The molecule has 3 rings (SSSR count). The fraction of sp³-hybridized carbons (Fsp3) is 0.429. The molecule has 0 bridgehead atoms. The van der Waals surface area contributed by atoms with Crippen LogP contribution in [0, 0.1) is 6.92 Å². The molecule has 1 aliphatic heterocycles. The van der Waals surface area contributed by atoms with E-state index in [0.29, 0.717) is 11.8 Å². The zero-order valence-corrected chi connectivity index (χ0v) is 10.8. The predicted octanol–water partition coefficient (Wildman–Crippen LogP) is 0.999. The van der Waals surface area contributed by atoms with Gasteiger partial charge in [-0.25, -0.2) is 4.79 Å².